The number of hydrogen-bond donors (Lipinski definition) is 2. The highest BCUT2D eigenvalue weighted by Crippen LogP contribution is 2.30. The van der Waals surface area contributed by atoms with Crippen molar-refractivity contribution in [3.05, 3.63) is 58.4 Å². The highest BCUT2D eigenvalue weighted by atomic mass is 35.5. The Hall–Kier alpha value is -1.65. The first-order valence-corrected chi connectivity index (χ1v) is 6.39. The van der Waals surface area contributed by atoms with E-state index in [1.165, 1.54) is 12.1 Å². The molecule has 0 atom stereocenters. The van der Waals surface area contributed by atoms with E-state index >= 15 is 0 Å². The van der Waals surface area contributed by atoms with E-state index in [4.69, 9.17) is 29.6 Å². The maximum atomic E-state index is 13.2. The van der Waals surface area contributed by atoms with Gasteiger partial charge in [-0.3, -0.25) is 0 Å². The molecule has 0 radical (unpaired) electrons. The van der Waals surface area contributed by atoms with E-state index in [1.54, 1.807) is 12.1 Å². The largest absolute Gasteiger partial charge is 0.389 e. The molecular formula is C14H12ClFN2S. The molecular weight excluding hydrogens is 283 g/mol. The zero-order chi connectivity index (χ0) is 14.0. The van der Waals surface area contributed by atoms with E-state index < -0.39 is 0 Å². The number of anilines is 2. The Bertz CT molecular complexity index is 623. The minimum absolute atomic E-state index is 0.131. The van der Waals surface area contributed by atoms with Crippen molar-refractivity contribution in [1.82, 2.24) is 0 Å². The van der Waals surface area contributed by atoms with Gasteiger partial charge in [-0.05, 0) is 36.8 Å². The summed E-state index contributed by atoms with van der Waals surface area (Å²) in [6.07, 6.45) is 0. The van der Waals surface area contributed by atoms with Gasteiger partial charge in [0.25, 0.3) is 0 Å². The van der Waals surface area contributed by atoms with Gasteiger partial charge in [0.1, 0.15) is 10.8 Å². The van der Waals surface area contributed by atoms with Crippen molar-refractivity contribution in [3.8, 4) is 0 Å². The Labute approximate surface area is 121 Å². The molecule has 2 aromatic carbocycles. The Kier molecular flexibility index (Phi) is 4.02. The van der Waals surface area contributed by atoms with Crippen molar-refractivity contribution in [2.45, 2.75) is 6.92 Å². The zero-order valence-electron chi connectivity index (χ0n) is 10.2. The molecule has 2 rings (SSSR count). The number of rotatable bonds is 3. The molecule has 5 heteroatoms. The molecule has 98 valence electrons. The number of thiocarbonyl (C=S) groups is 1. The van der Waals surface area contributed by atoms with Crippen LogP contribution in [-0.2, 0) is 0 Å². The number of nitrogens with one attached hydrogen (secondary N) is 1. The van der Waals surface area contributed by atoms with Crippen molar-refractivity contribution >= 4 is 40.2 Å². The first kappa shape index (κ1) is 13.8. The van der Waals surface area contributed by atoms with Crippen molar-refractivity contribution < 1.29 is 4.39 Å². The normalized spacial score (nSPS) is 10.3. The molecule has 0 spiro atoms. The third-order valence-corrected chi connectivity index (χ3v) is 3.26. The molecule has 0 saturated carbocycles. The number of nitrogens with two attached hydrogens (primary N) is 1. The second-order valence-corrected chi connectivity index (χ2v) is 4.96. The van der Waals surface area contributed by atoms with E-state index in [2.05, 4.69) is 5.32 Å². The second kappa shape index (κ2) is 5.55. The van der Waals surface area contributed by atoms with Crippen molar-refractivity contribution in [1.29, 1.82) is 0 Å². The summed E-state index contributed by atoms with van der Waals surface area (Å²) >= 11 is 11.1. The summed E-state index contributed by atoms with van der Waals surface area (Å²) in [7, 11) is 0. The molecule has 0 heterocycles. The number of aryl methyl sites for hydroxylation is 1. The SMILES string of the molecule is Cc1cccc(Cl)c1Nc1ccc(F)cc1C(N)=S. The van der Waals surface area contributed by atoms with E-state index in [0.717, 1.165) is 11.3 Å². The van der Waals surface area contributed by atoms with Crippen molar-refractivity contribution in [3.63, 3.8) is 0 Å². The quantitative estimate of drug-likeness (QED) is 0.835. The van der Waals surface area contributed by atoms with Crippen molar-refractivity contribution in [2.24, 2.45) is 5.73 Å². The summed E-state index contributed by atoms with van der Waals surface area (Å²) in [6, 6.07) is 9.81. The zero-order valence-corrected chi connectivity index (χ0v) is 11.8. The van der Waals surface area contributed by atoms with Gasteiger partial charge in [-0.2, -0.15) is 0 Å². The van der Waals surface area contributed by atoms with Crippen LogP contribution in [0.1, 0.15) is 11.1 Å². The smallest absolute Gasteiger partial charge is 0.124 e. The highest BCUT2D eigenvalue weighted by molar-refractivity contribution is 7.80. The molecule has 0 amide bonds. The Morgan fingerprint density at radius 1 is 1.32 bits per heavy atom. The van der Waals surface area contributed by atoms with E-state index in [9.17, 15) is 4.39 Å². The molecule has 3 N–H and O–H groups in total. The van der Waals surface area contributed by atoms with Crippen molar-refractivity contribution in [2.75, 3.05) is 5.32 Å². The second-order valence-electron chi connectivity index (χ2n) is 4.11. The van der Waals surface area contributed by atoms with E-state index in [0.29, 0.717) is 16.3 Å². The third kappa shape index (κ3) is 3.03. The molecule has 0 aromatic heterocycles. The predicted octanol–water partition coefficient (Wildman–Crippen LogP) is 4.17. The summed E-state index contributed by atoms with van der Waals surface area (Å²) in [4.78, 5) is 0.131. The Balaban J connectivity index is 2.47. The fourth-order valence-electron chi connectivity index (χ4n) is 1.75. The highest BCUT2D eigenvalue weighted by Gasteiger charge is 2.10. The first-order valence-electron chi connectivity index (χ1n) is 5.60. The number of benzene rings is 2. The molecule has 0 aliphatic rings. The molecule has 19 heavy (non-hydrogen) atoms. The molecule has 2 nitrogen and oxygen atoms in total. The summed E-state index contributed by atoms with van der Waals surface area (Å²) in [5, 5.41) is 3.73. The van der Waals surface area contributed by atoms with Gasteiger partial charge >= 0.3 is 0 Å². The molecule has 0 saturated heterocycles. The summed E-state index contributed by atoms with van der Waals surface area (Å²) in [5.74, 6) is -0.385. The first-order chi connectivity index (χ1) is 8.99. The van der Waals surface area contributed by atoms with E-state index in [-0.39, 0.29) is 10.8 Å². The number of halogens is 2. The summed E-state index contributed by atoms with van der Waals surface area (Å²) in [5.41, 5.74) is 8.42. The minimum Gasteiger partial charge on any atom is -0.389 e. The van der Waals surface area contributed by atoms with Crippen LogP contribution in [0.3, 0.4) is 0 Å². The van der Waals surface area contributed by atoms with Crippen LogP contribution in [0.2, 0.25) is 5.02 Å². The van der Waals surface area contributed by atoms with Crippen LogP contribution in [0, 0.1) is 12.7 Å². The maximum absolute atomic E-state index is 13.2. The van der Waals surface area contributed by atoms with Crippen LogP contribution < -0.4 is 11.1 Å². The van der Waals surface area contributed by atoms with Gasteiger partial charge in [0, 0.05) is 11.3 Å². The lowest BCUT2D eigenvalue weighted by Gasteiger charge is -2.14. The predicted molar refractivity (Wildman–Crippen MR) is 81.8 cm³/mol. The Morgan fingerprint density at radius 2 is 2.05 bits per heavy atom. The van der Waals surface area contributed by atoms with Gasteiger partial charge < -0.3 is 11.1 Å². The van der Waals surface area contributed by atoms with Crippen LogP contribution in [0.15, 0.2) is 36.4 Å². The van der Waals surface area contributed by atoms with Gasteiger partial charge in [-0.1, -0.05) is 36.0 Å². The molecule has 2 aromatic rings. The molecule has 0 aliphatic heterocycles. The van der Waals surface area contributed by atoms with Gasteiger partial charge in [0.05, 0.1) is 10.7 Å². The van der Waals surface area contributed by atoms with Crippen LogP contribution in [0.5, 0.6) is 0 Å². The lowest BCUT2D eigenvalue weighted by Crippen LogP contribution is -2.12. The lowest BCUT2D eigenvalue weighted by atomic mass is 10.1. The van der Waals surface area contributed by atoms with Gasteiger partial charge in [0.15, 0.2) is 0 Å². The topological polar surface area (TPSA) is 38.0 Å². The van der Waals surface area contributed by atoms with Crippen LogP contribution >= 0.6 is 23.8 Å². The van der Waals surface area contributed by atoms with Crippen LogP contribution in [-0.4, -0.2) is 4.99 Å². The van der Waals surface area contributed by atoms with Gasteiger partial charge in [-0.15, -0.1) is 0 Å². The minimum atomic E-state index is -0.385. The fraction of sp³-hybridized carbons (Fsp3) is 0.0714. The van der Waals surface area contributed by atoms with Gasteiger partial charge in [-0.25, -0.2) is 4.39 Å². The maximum Gasteiger partial charge on any atom is 0.124 e. The monoisotopic (exact) mass is 294 g/mol. The fourth-order valence-corrected chi connectivity index (χ4v) is 2.19. The third-order valence-electron chi connectivity index (χ3n) is 2.73. The van der Waals surface area contributed by atoms with Crippen LogP contribution in [0.4, 0.5) is 15.8 Å². The van der Waals surface area contributed by atoms with Crippen LogP contribution in [0.25, 0.3) is 0 Å². The molecule has 0 bridgehead atoms. The summed E-state index contributed by atoms with van der Waals surface area (Å²) in [6.45, 7) is 1.93. The Morgan fingerprint density at radius 3 is 2.68 bits per heavy atom. The molecule has 0 fully saturated rings. The van der Waals surface area contributed by atoms with Gasteiger partial charge in [0.2, 0.25) is 0 Å². The summed E-state index contributed by atoms with van der Waals surface area (Å²) < 4.78 is 13.2. The standard InChI is InChI=1S/C14H12ClFN2S/c1-8-3-2-4-11(15)13(8)18-12-6-5-9(16)7-10(12)14(17)19/h2-7,18H,1H3,(H2,17,19). The number of para-hydroxylation sites is 1. The lowest BCUT2D eigenvalue weighted by molar-refractivity contribution is 0.628. The number of hydrogen-bond acceptors (Lipinski definition) is 2. The molecule has 0 unspecified atom stereocenters. The van der Waals surface area contributed by atoms with E-state index in [1.807, 2.05) is 19.1 Å². The average molecular weight is 295 g/mol. The average Bonchev–Trinajstić information content (AvgIpc) is 2.35. The molecule has 0 aliphatic carbocycles.